The molecule has 1 heterocycles. The van der Waals surface area contributed by atoms with Crippen molar-refractivity contribution in [3.05, 3.63) is 24.3 Å². The SMILES string of the molecule is CN1CCC(C(=O)Nc2cccc(S(=O)(=O)NCCN)c2)CC1=O.Cl. The van der Waals surface area contributed by atoms with Crippen molar-refractivity contribution < 1.29 is 18.0 Å². The van der Waals surface area contributed by atoms with E-state index < -0.39 is 15.9 Å². The van der Waals surface area contributed by atoms with E-state index >= 15 is 0 Å². The van der Waals surface area contributed by atoms with E-state index in [0.717, 1.165) is 0 Å². The van der Waals surface area contributed by atoms with Crippen molar-refractivity contribution in [2.24, 2.45) is 11.7 Å². The molecule has 0 spiro atoms. The van der Waals surface area contributed by atoms with Crippen LogP contribution in [0.25, 0.3) is 0 Å². The van der Waals surface area contributed by atoms with E-state index in [9.17, 15) is 18.0 Å². The molecule has 1 aromatic rings. The molecule has 10 heteroatoms. The van der Waals surface area contributed by atoms with E-state index in [1.807, 2.05) is 0 Å². The average molecular weight is 391 g/mol. The Morgan fingerprint density at radius 1 is 1.40 bits per heavy atom. The van der Waals surface area contributed by atoms with E-state index in [0.29, 0.717) is 18.7 Å². The van der Waals surface area contributed by atoms with Gasteiger partial charge in [0, 0.05) is 44.7 Å². The Balaban J connectivity index is 0.00000312. The molecule has 0 radical (unpaired) electrons. The number of carbonyl (C=O) groups excluding carboxylic acids is 2. The monoisotopic (exact) mass is 390 g/mol. The number of likely N-dealkylation sites (tertiary alicyclic amines) is 1. The largest absolute Gasteiger partial charge is 0.346 e. The number of halogens is 1. The molecule has 140 valence electrons. The van der Waals surface area contributed by atoms with Crippen molar-refractivity contribution >= 4 is 39.9 Å². The smallest absolute Gasteiger partial charge is 0.240 e. The predicted molar refractivity (Wildman–Crippen MR) is 96.9 cm³/mol. The second kappa shape index (κ2) is 9.14. The van der Waals surface area contributed by atoms with Crippen molar-refractivity contribution in [3.63, 3.8) is 0 Å². The number of nitrogens with zero attached hydrogens (tertiary/aromatic N) is 1. The molecule has 2 amide bonds. The Labute approximate surface area is 153 Å². The number of hydrogen-bond acceptors (Lipinski definition) is 5. The van der Waals surface area contributed by atoms with Gasteiger partial charge in [-0.15, -0.1) is 12.4 Å². The number of carbonyl (C=O) groups is 2. The highest BCUT2D eigenvalue weighted by atomic mass is 35.5. The van der Waals surface area contributed by atoms with Crippen LogP contribution in [-0.2, 0) is 19.6 Å². The summed E-state index contributed by atoms with van der Waals surface area (Å²) in [5.74, 6) is -0.742. The number of nitrogens with two attached hydrogens (primary N) is 1. The molecule has 1 atom stereocenters. The van der Waals surface area contributed by atoms with E-state index in [4.69, 9.17) is 5.73 Å². The second-order valence-electron chi connectivity index (χ2n) is 5.71. The Morgan fingerprint density at radius 3 is 2.76 bits per heavy atom. The van der Waals surface area contributed by atoms with E-state index in [-0.39, 0.29) is 48.6 Å². The Hall–Kier alpha value is -1.68. The maximum Gasteiger partial charge on any atom is 0.240 e. The summed E-state index contributed by atoms with van der Waals surface area (Å²) in [6, 6.07) is 5.98. The molecule has 8 nitrogen and oxygen atoms in total. The second-order valence-corrected chi connectivity index (χ2v) is 7.48. The lowest BCUT2D eigenvalue weighted by Crippen LogP contribution is -2.39. The van der Waals surface area contributed by atoms with Crippen LogP contribution >= 0.6 is 12.4 Å². The fourth-order valence-electron chi connectivity index (χ4n) is 2.43. The summed E-state index contributed by atoms with van der Waals surface area (Å²) >= 11 is 0. The summed E-state index contributed by atoms with van der Waals surface area (Å²) in [5, 5.41) is 2.69. The van der Waals surface area contributed by atoms with Gasteiger partial charge >= 0.3 is 0 Å². The third kappa shape index (κ3) is 5.67. The van der Waals surface area contributed by atoms with Gasteiger partial charge in [-0.2, -0.15) is 0 Å². The molecule has 2 rings (SSSR count). The first-order valence-electron chi connectivity index (χ1n) is 7.68. The van der Waals surface area contributed by atoms with Crippen LogP contribution in [-0.4, -0.2) is 51.8 Å². The fraction of sp³-hybridized carbons (Fsp3) is 0.467. The minimum Gasteiger partial charge on any atom is -0.346 e. The van der Waals surface area contributed by atoms with Gasteiger partial charge in [0.2, 0.25) is 21.8 Å². The minimum absolute atomic E-state index is 0. The molecule has 1 unspecified atom stereocenters. The number of benzene rings is 1. The molecule has 1 fully saturated rings. The molecular weight excluding hydrogens is 368 g/mol. The number of hydrogen-bond donors (Lipinski definition) is 3. The molecule has 0 saturated carbocycles. The van der Waals surface area contributed by atoms with Gasteiger partial charge in [0.25, 0.3) is 0 Å². The Bertz CT molecular complexity index is 726. The number of nitrogens with one attached hydrogen (secondary N) is 2. The van der Waals surface area contributed by atoms with E-state index in [1.54, 1.807) is 24.1 Å². The topological polar surface area (TPSA) is 122 Å². The van der Waals surface area contributed by atoms with Crippen LogP contribution < -0.4 is 15.8 Å². The predicted octanol–water partition coefficient (Wildman–Crippen LogP) is 0.152. The highest BCUT2D eigenvalue weighted by Crippen LogP contribution is 2.21. The van der Waals surface area contributed by atoms with E-state index in [1.165, 1.54) is 12.1 Å². The van der Waals surface area contributed by atoms with Crippen LogP contribution in [0, 0.1) is 5.92 Å². The maximum atomic E-state index is 12.3. The molecule has 0 bridgehead atoms. The standard InChI is InChI=1S/C15H22N4O4S.ClH/c1-19-8-5-11(9-14(19)20)15(21)18-12-3-2-4-13(10-12)24(22,23)17-7-6-16;/h2-4,10-11,17H,5-9,16H2,1H3,(H,18,21);1H. The molecule has 1 saturated heterocycles. The van der Waals surface area contributed by atoms with Crippen molar-refractivity contribution in [2.45, 2.75) is 17.7 Å². The normalized spacial score (nSPS) is 17.8. The summed E-state index contributed by atoms with van der Waals surface area (Å²) in [7, 11) is -1.96. The number of rotatable bonds is 6. The molecule has 4 N–H and O–H groups in total. The molecule has 25 heavy (non-hydrogen) atoms. The van der Waals surface area contributed by atoms with Gasteiger partial charge in [-0.3, -0.25) is 9.59 Å². The summed E-state index contributed by atoms with van der Waals surface area (Å²) in [6.07, 6.45) is 0.752. The summed E-state index contributed by atoms with van der Waals surface area (Å²) in [4.78, 5) is 25.6. The highest BCUT2D eigenvalue weighted by molar-refractivity contribution is 7.89. The Morgan fingerprint density at radius 2 is 2.12 bits per heavy atom. The quantitative estimate of drug-likeness (QED) is 0.638. The zero-order valence-corrected chi connectivity index (χ0v) is 15.5. The molecule has 1 aromatic carbocycles. The third-order valence-electron chi connectivity index (χ3n) is 3.88. The number of piperidine rings is 1. The van der Waals surface area contributed by atoms with Gasteiger partial charge in [-0.1, -0.05) is 6.07 Å². The molecular formula is C15H23ClN4O4S. The number of anilines is 1. The summed E-state index contributed by atoms with van der Waals surface area (Å²) in [6.45, 7) is 0.866. The molecule has 0 aliphatic carbocycles. The van der Waals surface area contributed by atoms with E-state index in [2.05, 4.69) is 10.0 Å². The maximum absolute atomic E-state index is 12.3. The van der Waals surface area contributed by atoms with Crippen LogP contribution in [0.4, 0.5) is 5.69 Å². The van der Waals surface area contributed by atoms with Crippen molar-refractivity contribution in [2.75, 3.05) is 32.0 Å². The van der Waals surface area contributed by atoms with Gasteiger partial charge in [-0.05, 0) is 24.6 Å². The first kappa shape index (κ1) is 21.4. The van der Waals surface area contributed by atoms with Gasteiger partial charge in [0.15, 0.2) is 0 Å². The first-order valence-corrected chi connectivity index (χ1v) is 9.16. The summed E-state index contributed by atoms with van der Waals surface area (Å²) in [5.41, 5.74) is 5.68. The molecule has 1 aliphatic rings. The average Bonchev–Trinajstić information content (AvgIpc) is 2.55. The zero-order chi connectivity index (χ0) is 17.7. The number of sulfonamides is 1. The fourth-order valence-corrected chi connectivity index (χ4v) is 3.52. The van der Waals surface area contributed by atoms with Crippen molar-refractivity contribution in [1.29, 1.82) is 0 Å². The van der Waals surface area contributed by atoms with Gasteiger partial charge < -0.3 is 16.0 Å². The minimum atomic E-state index is -3.66. The Kier molecular flexibility index (Phi) is 7.81. The zero-order valence-electron chi connectivity index (χ0n) is 13.9. The van der Waals surface area contributed by atoms with Gasteiger partial charge in [-0.25, -0.2) is 13.1 Å². The van der Waals surface area contributed by atoms with Crippen LogP contribution in [0.15, 0.2) is 29.2 Å². The van der Waals surface area contributed by atoms with Crippen LogP contribution in [0.1, 0.15) is 12.8 Å². The molecule has 0 aromatic heterocycles. The van der Waals surface area contributed by atoms with Crippen LogP contribution in [0.5, 0.6) is 0 Å². The van der Waals surface area contributed by atoms with Crippen LogP contribution in [0.2, 0.25) is 0 Å². The van der Waals surface area contributed by atoms with Gasteiger partial charge in [0.05, 0.1) is 4.90 Å². The summed E-state index contributed by atoms with van der Waals surface area (Å²) < 4.78 is 26.5. The molecule has 1 aliphatic heterocycles. The van der Waals surface area contributed by atoms with Gasteiger partial charge in [0.1, 0.15) is 0 Å². The lowest BCUT2D eigenvalue weighted by Gasteiger charge is -2.27. The number of amides is 2. The van der Waals surface area contributed by atoms with Crippen molar-refractivity contribution in [1.82, 2.24) is 9.62 Å². The highest BCUT2D eigenvalue weighted by Gasteiger charge is 2.28. The lowest BCUT2D eigenvalue weighted by atomic mass is 9.95. The van der Waals surface area contributed by atoms with Crippen LogP contribution in [0.3, 0.4) is 0 Å². The first-order chi connectivity index (χ1) is 11.3. The van der Waals surface area contributed by atoms with Crippen molar-refractivity contribution in [3.8, 4) is 0 Å². The lowest BCUT2D eigenvalue weighted by molar-refractivity contribution is -0.137. The third-order valence-corrected chi connectivity index (χ3v) is 5.34.